The molecule has 0 aromatic carbocycles. The minimum absolute atomic E-state index is 0.0271. The van der Waals surface area contributed by atoms with Gasteiger partial charge in [0.1, 0.15) is 0 Å². The van der Waals surface area contributed by atoms with Gasteiger partial charge < -0.3 is 14.9 Å². The zero-order valence-electron chi connectivity index (χ0n) is 8.93. The quantitative estimate of drug-likeness (QED) is 0.492. The Morgan fingerprint density at radius 3 is 2.25 bits per heavy atom. The highest BCUT2D eigenvalue weighted by atomic mass is 16.5. The normalized spacial score (nSPS) is 11.6. The van der Waals surface area contributed by atoms with Crippen LogP contribution in [-0.4, -0.2) is 34.7 Å². The summed E-state index contributed by atoms with van der Waals surface area (Å²) in [7, 11) is 0. The van der Waals surface area contributed by atoms with E-state index in [0.717, 1.165) is 0 Å². The van der Waals surface area contributed by atoms with E-state index >= 15 is 0 Å². The smallest absolute Gasteiger partial charge is 0.333 e. The third-order valence-corrected chi connectivity index (χ3v) is 1.82. The van der Waals surface area contributed by atoms with Gasteiger partial charge in [0.05, 0.1) is 18.9 Å². The van der Waals surface area contributed by atoms with Crippen LogP contribution in [0.1, 0.15) is 19.8 Å². The molecule has 0 radical (unpaired) electrons. The van der Waals surface area contributed by atoms with Gasteiger partial charge in [0.25, 0.3) is 0 Å². The Morgan fingerprint density at radius 1 is 1.31 bits per heavy atom. The maximum Gasteiger partial charge on any atom is 0.333 e. The topological polar surface area (TPSA) is 101 Å². The summed E-state index contributed by atoms with van der Waals surface area (Å²) in [6.45, 7) is 4.69. The van der Waals surface area contributed by atoms with Crippen molar-refractivity contribution in [1.29, 1.82) is 0 Å². The van der Waals surface area contributed by atoms with Crippen molar-refractivity contribution in [3.63, 3.8) is 0 Å². The van der Waals surface area contributed by atoms with Crippen molar-refractivity contribution in [2.45, 2.75) is 19.8 Å². The standard InChI is InChI=1S/C10H14O6/c1-6(2)10(15)16-4-3-7(9(13)14)5-8(11)12/h7H,1,3-5H2,2H3,(H,11,12)(H,13,14). The molecule has 0 saturated carbocycles. The van der Waals surface area contributed by atoms with Gasteiger partial charge in [-0.1, -0.05) is 6.58 Å². The lowest BCUT2D eigenvalue weighted by Gasteiger charge is -2.09. The molecule has 0 heterocycles. The van der Waals surface area contributed by atoms with Gasteiger partial charge in [-0.05, 0) is 13.3 Å². The second-order valence-corrected chi connectivity index (χ2v) is 3.34. The van der Waals surface area contributed by atoms with Crippen LogP contribution < -0.4 is 0 Å². The van der Waals surface area contributed by atoms with E-state index in [1.807, 2.05) is 0 Å². The maximum atomic E-state index is 10.9. The fourth-order valence-electron chi connectivity index (χ4n) is 0.941. The Hall–Kier alpha value is -1.85. The number of carboxylic acid groups (broad SMARTS) is 2. The van der Waals surface area contributed by atoms with Gasteiger partial charge in [-0.25, -0.2) is 4.79 Å². The zero-order valence-corrected chi connectivity index (χ0v) is 8.93. The van der Waals surface area contributed by atoms with Gasteiger partial charge in [-0.15, -0.1) is 0 Å². The predicted octanol–water partition coefficient (Wildman–Crippen LogP) is 0.671. The van der Waals surface area contributed by atoms with Crippen LogP contribution in [0.3, 0.4) is 0 Å². The van der Waals surface area contributed by atoms with Crippen LogP contribution in [0.25, 0.3) is 0 Å². The SMILES string of the molecule is C=C(C)C(=O)OCCC(CC(=O)O)C(=O)O. The largest absolute Gasteiger partial charge is 0.481 e. The minimum atomic E-state index is -1.21. The van der Waals surface area contributed by atoms with Gasteiger partial charge in [0.15, 0.2) is 0 Å². The molecule has 0 spiro atoms. The lowest BCUT2D eigenvalue weighted by molar-refractivity contribution is -0.150. The molecule has 0 amide bonds. The predicted molar refractivity (Wildman–Crippen MR) is 53.8 cm³/mol. The van der Waals surface area contributed by atoms with Crippen LogP contribution in [0, 0.1) is 5.92 Å². The first-order chi connectivity index (χ1) is 7.34. The average Bonchev–Trinajstić information content (AvgIpc) is 2.14. The Kier molecular flexibility index (Phi) is 5.84. The minimum Gasteiger partial charge on any atom is -0.481 e. The molecule has 16 heavy (non-hydrogen) atoms. The number of aliphatic carboxylic acids is 2. The second kappa shape index (κ2) is 6.60. The molecule has 90 valence electrons. The Balaban J connectivity index is 4.03. The second-order valence-electron chi connectivity index (χ2n) is 3.34. The first-order valence-corrected chi connectivity index (χ1v) is 4.61. The van der Waals surface area contributed by atoms with Crippen molar-refractivity contribution in [3.05, 3.63) is 12.2 Å². The van der Waals surface area contributed by atoms with Crippen LogP contribution in [0.4, 0.5) is 0 Å². The zero-order chi connectivity index (χ0) is 12.7. The van der Waals surface area contributed by atoms with E-state index in [1.54, 1.807) is 0 Å². The molecule has 0 aromatic heterocycles. The number of carbonyl (C=O) groups excluding carboxylic acids is 1. The first-order valence-electron chi connectivity index (χ1n) is 4.61. The Labute approximate surface area is 92.5 Å². The lowest BCUT2D eigenvalue weighted by Crippen LogP contribution is -2.20. The summed E-state index contributed by atoms with van der Waals surface area (Å²) in [5.41, 5.74) is 0.213. The van der Waals surface area contributed by atoms with Crippen LogP contribution in [0.15, 0.2) is 12.2 Å². The molecule has 0 aliphatic rings. The molecule has 6 heteroatoms. The first kappa shape index (κ1) is 14.2. The van der Waals surface area contributed by atoms with Gasteiger partial charge in [0, 0.05) is 5.57 Å². The molecule has 0 aliphatic heterocycles. The van der Waals surface area contributed by atoms with E-state index in [1.165, 1.54) is 6.92 Å². The van der Waals surface area contributed by atoms with Crippen molar-refractivity contribution in [3.8, 4) is 0 Å². The van der Waals surface area contributed by atoms with Crippen molar-refractivity contribution in [2.75, 3.05) is 6.61 Å². The van der Waals surface area contributed by atoms with E-state index in [0.29, 0.717) is 0 Å². The summed E-state index contributed by atoms with van der Waals surface area (Å²) in [5, 5.41) is 17.1. The highest BCUT2D eigenvalue weighted by Gasteiger charge is 2.21. The fraction of sp³-hybridized carbons (Fsp3) is 0.500. The maximum absolute atomic E-state index is 10.9. The van der Waals surface area contributed by atoms with E-state index in [2.05, 4.69) is 11.3 Å². The molecule has 0 bridgehead atoms. The Bertz CT molecular complexity index is 306. The van der Waals surface area contributed by atoms with Crippen molar-refractivity contribution in [2.24, 2.45) is 5.92 Å². The van der Waals surface area contributed by atoms with E-state index in [-0.39, 0.29) is 18.6 Å². The van der Waals surface area contributed by atoms with E-state index in [4.69, 9.17) is 10.2 Å². The fourth-order valence-corrected chi connectivity index (χ4v) is 0.941. The highest BCUT2D eigenvalue weighted by Crippen LogP contribution is 2.09. The summed E-state index contributed by atoms with van der Waals surface area (Å²) in [6, 6.07) is 0. The van der Waals surface area contributed by atoms with E-state index < -0.39 is 30.2 Å². The van der Waals surface area contributed by atoms with E-state index in [9.17, 15) is 14.4 Å². The van der Waals surface area contributed by atoms with Gasteiger partial charge in [-0.2, -0.15) is 0 Å². The molecule has 6 nitrogen and oxygen atoms in total. The summed E-state index contributed by atoms with van der Waals surface area (Å²) in [6.07, 6.45) is -0.513. The molecule has 1 atom stereocenters. The summed E-state index contributed by atoms with van der Waals surface area (Å²) in [4.78, 5) is 31.9. The van der Waals surface area contributed by atoms with Crippen LogP contribution in [0.2, 0.25) is 0 Å². The number of ether oxygens (including phenoxy) is 1. The number of carbonyl (C=O) groups is 3. The van der Waals surface area contributed by atoms with Gasteiger partial charge >= 0.3 is 17.9 Å². The van der Waals surface area contributed by atoms with Crippen LogP contribution in [0.5, 0.6) is 0 Å². The molecule has 0 saturated heterocycles. The summed E-state index contributed by atoms with van der Waals surface area (Å²) >= 11 is 0. The number of carboxylic acids is 2. The molecule has 0 rings (SSSR count). The average molecular weight is 230 g/mol. The van der Waals surface area contributed by atoms with Gasteiger partial charge in [0.2, 0.25) is 0 Å². The third-order valence-electron chi connectivity index (χ3n) is 1.82. The highest BCUT2D eigenvalue weighted by molar-refractivity contribution is 5.86. The third kappa shape index (κ3) is 5.79. The number of hydrogen-bond donors (Lipinski definition) is 2. The molecule has 2 N–H and O–H groups in total. The van der Waals surface area contributed by atoms with Crippen molar-refractivity contribution < 1.29 is 29.3 Å². The molecular weight excluding hydrogens is 216 g/mol. The van der Waals surface area contributed by atoms with Crippen LogP contribution >= 0.6 is 0 Å². The molecule has 0 aliphatic carbocycles. The molecule has 1 unspecified atom stereocenters. The number of hydrogen-bond acceptors (Lipinski definition) is 4. The number of esters is 1. The van der Waals surface area contributed by atoms with Crippen molar-refractivity contribution in [1.82, 2.24) is 0 Å². The van der Waals surface area contributed by atoms with Crippen molar-refractivity contribution >= 4 is 17.9 Å². The Morgan fingerprint density at radius 2 is 1.88 bits per heavy atom. The molecule has 0 fully saturated rings. The monoisotopic (exact) mass is 230 g/mol. The number of rotatable bonds is 7. The molecular formula is C10H14O6. The van der Waals surface area contributed by atoms with Crippen LogP contribution in [-0.2, 0) is 19.1 Å². The summed E-state index contributed by atoms with van der Waals surface area (Å²) < 4.78 is 4.67. The van der Waals surface area contributed by atoms with Gasteiger partial charge in [-0.3, -0.25) is 9.59 Å². The molecule has 0 aromatic rings. The summed E-state index contributed by atoms with van der Waals surface area (Å²) in [5.74, 6) is -4.07. The lowest BCUT2D eigenvalue weighted by atomic mass is 10.0.